The van der Waals surface area contributed by atoms with Crippen molar-refractivity contribution >= 4 is 32.2 Å². The van der Waals surface area contributed by atoms with Gasteiger partial charge in [0, 0.05) is 5.39 Å². The highest BCUT2D eigenvalue weighted by Gasteiger charge is 2.26. The molecule has 4 aromatic rings. The van der Waals surface area contributed by atoms with Gasteiger partial charge in [-0.1, -0.05) is 35.5 Å². The summed E-state index contributed by atoms with van der Waals surface area (Å²) in [5.41, 5.74) is 3.26. The van der Waals surface area contributed by atoms with Crippen molar-refractivity contribution in [1.82, 2.24) is 19.8 Å². The normalized spacial score (nSPS) is 11.9. The molecular formula is C15H12N6O2S. The number of nitrogens with zero attached hydrogens (tertiary/aromatic N) is 4. The summed E-state index contributed by atoms with van der Waals surface area (Å²) in [6.45, 7) is 0. The van der Waals surface area contributed by atoms with Crippen LogP contribution in [-0.2, 0) is 9.84 Å². The van der Waals surface area contributed by atoms with Crippen molar-refractivity contribution in [3.63, 3.8) is 0 Å². The number of rotatable bonds is 3. The molecule has 0 spiro atoms. The van der Waals surface area contributed by atoms with Gasteiger partial charge in [-0.05, 0) is 24.3 Å². The maximum absolute atomic E-state index is 12.8. The molecule has 3 N–H and O–H groups in total. The number of hydrogen-bond donors (Lipinski definition) is 2. The van der Waals surface area contributed by atoms with E-state index in [1.807, 2.05) is 18.2 Å². The minimum absolute atomic E-state index is 0.116. The molecule has 0 unspecified atom stereocenters. The summed E-state index contributed by atoms with van der Waals surface area (Å²) in [5, 5.41) is 8.33. The number of anilines is 1. The van der Waals surface area contributed by atoms with Crippen LogP contribution < -0.4 is 11.3 Å². The first-order chi connectivity index (χ1) is 11.6. The van der Waals surface area contributed by atoms with Crippen LogP contribution in [0.25, 0.3) is 16.6 Å². The quantitative estimate of drug-likeness (QED) is 0.428. The lowest BCUT2D eigenvalue weighted by atomic mass is 10.2. The maximum Gasteiger partial charge on any atom is 0.229 e. The molecule has 0 amide bonds. The van der Waals surface area contributed by atoms with E-state index in [1.165, 1.54) is 16.6 Å². The predicted octanol–water partition coefficient (Wildman–Crippen LogP) is 1.40. The first-order valence-corrected chi connectivity index (χ1v) is 8.52. The lowest BCUT2D eigenvalue weighted by Gasteiger charge is -2.07. The third-order valence-electron chi connectivity index (χ3n) is 3.67. The zero-order chi connectivity index (χ0) is 16.7. The molecule has 2 heterocycles. The van der Waals surface area contributed by atoms with Crippen LogP contribution in [0.2, 0.25) is 0 Å². The number of aromatic nitrogens is 4. The Bertz CT molecular complexity index is 1150. The fourth-order valence-electron chi connectivity index (χ4n) is 2.54. The Balaban J connectivity index is 2.07. The summed E-state index contributed by atoms with van der Waals surface area (Å²) in [4.78, 5) is 4.43. The van der Waals surface area contributed by atoms with E-state index < -0.39 is 9.84 Å². The number of benzene rings is 2. The molecule has 120 valence electrons. The number of fused-ring (bicyclic) bond motifs is 3. The second kappa shape index (κ2) is 5.25. The van der Waals surface area contributed by atoms with Crippen LogP contribution in [0.5, 0.6) is 0 Å². The number of nitrogens with one attached hydrogen (secondary N) is 1. The van der Waals surface area contributed by atoms with Gasteiger partial charge in [-0.25, -0.2) is 19.2 Å². The van der Waals surface area contributed by atoms with E-state index in [1.54, 1.807) is 24.3 Å². The fourth-order valence-corrected chi connectivity index (χ4v) is 3.80. The van der Waals surface area contributed by atoms with E-state index in [0.29, 0.717) is 16.7 Å². The van der Waals surface area contributed by atoms with Gasteiger partial charge in [0.25, 0.3) is 0 Å². The Morgan fingerprint density at radius 2 is 1.71 bits per heavy atom. The van der Waals surface area contributed by atoms with Gasteiger partial charge in [0.05, 0.1) is 10.4 Å². The number of nitrogens with two attached hydrogens (primary N) is 1. The lowest BCUT2D eigenvalue weighted by Crippen LogP contribution is -2.11. The highest BCUT2D eigenvalue weighted by atomic mass is 32.2. The van der Waals surface area contributed by atoms with Crippen LogP contribution in [0, 0.1) is 0 Å². The van der Waals surface area contributed by atoms with Crippen molar-refractivity contribution in [2.24, 2.45) is 5.84 Å². The minimum Gasteiger partial charge on any atom is -0.308 e. The Labute approximate surface area is 136 Å². The number of hydrogen-bond acceptors (Lipinski definition) is 7. The minimum atomic E-state index is -3.84. The SMILES string of the molecule is NNc1nc2c(S(=O)(=O)c3ccccc3)nnn2c2ccccc12. The van der Waals surface area contributed by atoms with Crippen LogP contribution >= 0.6 is 0 Å². The van der Waals surface area contributed by atoms with Crippen molar-refractivity contribution in [1.29, 1.82) is 0 Å². The van der Waals surface area contributed by atoms with Crippen molar-refractivity contribution in [3.8, 4) is 0 Å². The van der Waals surface area contributed by atoms with Crippen LogP contribution in [0.1, 0.15) is 0 Å². The molecule has 0 saturated carbocycles. The fraction of sp³-hybridized carbons (Fsp3) is 0. The monoisotopic (exact) mass is 340 g/mol. The van der Waals surface area contributed by atoms with Crippen molar-refractivity contribution < 1.29 is 8.42 Å². The molecule has 9 heteroatoms. The number of nitrogen functional groups attached to an aromatic ring is 1. The smallest absolute Gasteiger partial charge is 0.229 e. The Morgan fingerprint density at radius 3 is 2.46 bits per heavy atom. The molecule has 24 heavy (non-hydrogen) atoms. The molecule has 2 aromatic carbocycles. The van der Waals surface area contributed by atoms with Crippen LogP contribution in [-0.4, -0.2) is 28.2 Å². The summed E-state index contributed by atoms with van der Waals surface area (Å²) in [6, 6.07) is 15.3. The molecule has 8 nitrogen and oxygen atoms in total. The third-order valence-corrected chi connectivity index (χ3v) is 5.33. The molecule has 2 aromatic heterocycles. The summed E-state index contributed by atoms with van der Waals surface area (Å²) >= 11 is 0. The van der Waals surface area contributed by atoms with E-state index >= 15 is 0 Å². The van der Waals surface area contributed by atoms with Gasteiger partial charge in [0.2, 0.25) is 14.9 Å². The second-order valence-electron chi connectivity index (χ2n) is 5.07. The highest BCUT2D eigenvalue weighted by Crippen LogP contribution is 2.27. The van der Waals surface area contributed by atoms with Gasteiger partial charge in [0.1, 0.15) is 0 Å². The van der Waals surface area contributed by atoms with Crippen LogP contribution in [0.15, 0.2) is 64.5 Å². The molecule has 0 radical (unpaired) electrons. The molecule has 4 rings (SSSR count). The molecule has 0 aliphatic carbocycles. The van der Waals surface area contributed by atoms with Gasteiger partial charge in [-0.15, -0.1) is 5.10 Å². The van der Waals surface area contributed by atoms with Gasteiger partial charge in [0.15, 0.2) is 11.5 Å². The number of para-hydroxylation sites is 1. The number of sulfone groups is 1. The van der Waals surface area contributed by atoms with E-state index in [0.717, 1.165) is 0 Å². The third kappa shape index (κ3) is 2.02. The van der Waals surface area contributed by atoms with Gasteiger partial charge in [-0.3, -0.25) is 0 Å². The average molecular weight is 340 g/mol. The first kappa shape index (κ1) is 14.5. The Kier molecular flexibility index (Phi) is 3.18. The van der Waals surface area contributed by atoms with E-state index in [-0.39, 0.29) is 15.6 Å². The zero-order valence-electron chi connectivity index (χ0n) is 12.3. The van der Waals surface area contributed by atoms with E-state index in [9.17, 15) is 8.42 Å². The van der Waals surface area contributed by atoms with Gasteiger partial charge >= 0.3 is 0 Å². The standard InChI is InChI=1S/C15H12N6O2S/c16-18-13-11-8-4-5-9-12(11)21-14(17-13)15(19-20-21)24(22,23)10-6-2-1-3-7-10/h1-9H,16H2,(H,17,18). The molecule has 0 atom stereocenters. The zero-order valence-corrected chi connectivity index (χ0v) is 13.1. The average Bonchev–Trinajstić information content (AvgIpc) is 3.06. The van der Waals surface area contributed by atoms with Crippen molar-refractivity contribution in [2.45, 2.75) is 9.92 Å². The largest absolute Gasteiger partial charge is 0.308 e. The Morgan fingerprint density at radius 1 is 1.00 bits per heavy atom. The molecule has 0 fully saturated rings. The summed E-state index contributed by atoms with van der Waals surface area (Å²) in [6.07, 6.45) is 0. The Hall–Kier alpha value is -3.04. The van der Waals surface area contributed by atoms with Crippen LogP contribution in [0.3, 0.4) is 0 Å². The van der Waals surface area contributed by atoms with Crippen molar-refractivity contribution in [2.75, 3.05) is 5.43 Å². The lowest BCUT2D eigenvalue weighted by molar-refractivity contribution is 0.592. The van der Waals surface area contributed by atoms with E-state index in [4.69, 9.17) is 5.84 Å². The summed E-state index contributed by atoms with van der Waals surface area (Å²) in [5.74, 6) is 5.89. The highest BCUT2D eigenvalue weighted by molar-refractivity contribution is 7.91. The maximum atomic E-state index is 12.8. The molecule has 0 bridgehead atoms. The summed E-state index contributed by atoms with van der Waals surface area (Å²) < 4.78 is 27.1. The topological polar surface area (TPSA) is 115 Å². The number of hydrazine groups is 1. The van der Waals surface area contributed by atoms with E-state index in [2.05, 4.69) is 20.7 Å². The second-order valence-corrected chi connectivity index (χ2v) is 6.93. The van der Waals surface area contributed by atoms with Gasteiger partial charge < -0.3 is 5.43 Å². The summed E-state index contributed by atoms with van der Waals surface area (Å²) in [7, 11) is -3.84. The van der Waals surface area contributed by atoms with Gasteiger partial charge in [-0.2, -0.15) is 4.52 Å². The molecular weight excluding hydrogens is 328 g/mol. The molecule has 0 saturated heterocycles. The first-order valence-electron chi connectivity index (χ1n) is 7.04. The van der Waals surface area contributed by atoms with Crippen molar-refractivity contribution in [3.05, 3.63) is 54.6 Å². The predicted molar refractivity (Wildman–Crippen MR) is 88.0 cm³/mol. The molecule has 0 aliphatic heterocycles. The van der Waals surface area contributed by atoms with Crippen LogP contribution in [0.4, 0.5) is 5.82 Å². The molecule has 0 aliphatic rings.